The number of nitroso groups, excluding NO2 is 1. The molecule has 0 radical (unpaired) electrons. The van der Waals surface area contributed by atoms with Crippen LogP contribution >= 0.6 is 0 Å². The maximum Gasteiger partial charge on any atom is 0.407 e. The lowest BCUT2D eigenvalue weighted by Crippen LogP contribution is -2.42. The molecule has 0 fully saturated rings. The highest BCUT2D eigenvalue weighted by Crippen LogP contribution is 2.24. The number of ether oxygens (including phenoxy) is 3. The Morgan fingerprint density at radius 1 is 0.576 bits per heavy atom. The molecule has 0 rings (SSSR count). The number of carbonyl (C=O) groups excluding carboxylic acids is 3. The van der Waals surface area contributed by atoms with Crippen molar-refractivity contribution in [2.75, 3.05) is 19.6 Å². The topological polar surface area (TPSA) is 144 Å². The summed E-state index contributed by atoms with van der Waals surface area (Å²) in [5, 5.41) is 11.1. The van der Waals surface area contributed by atoms with Crippen LogP contribution in [-0.2, 0) is 14.2 Å². The first-order valence-corrected chi connectivity index (χ1v) is 11.1. The molecule has 0 spiro atoms. The summed E-state index contributed by atoms with van der Waals surface area (Å²) in [6.07, 6.45) is -1.28. The summed E-state index contributed by atoms with van der Waals surface area (Å²) < 4.78 is 15.6. The first kappa shape index (κ1) is 30.4. The van der Waals surface area contributed by atoms with E-state index in [0.29, 0.717) is 0 Å². The predicted molar refractivity (Wildman–Crippen MR) is 125 cm³/mol. The summed E-state index contributed by atoms with van der Waals surface area (Å²) in [7, 11) is 0. The highest BCUT2D eigenvalue weighted by molar-refractivity contribution is 5.68. The van der Waals surface area contributed by atoms with Crippen LogP contribution in [0.25, 0.3) is 0 Å². The predicted octanol–water partition coefficient (Wildman–Crippen LogP) is 4.24. The summed E-state index contributed by atoms with van der Waals surface area (Å²) in [5.74, 6) is 0. The number of carbonyl (C=O) groups is 3. The molecular weight excluding hydrogens is 432 g/mol. The van der Waals surface area contributed by atoms with E-state index in [0.717, 1.165) is 0 Å². The van der Waals surface area contributed by atoms with Gasteiger partial charge in [-0.25, -0.2) is 14.4 Å². The van der Waals surface area contributed by atoms with Gasteiger partial charge in [0, 0.05) is 19.6 Å². The van der Waals surface area contributed by atoms with Gasteiger partial charge < -0.3 is 30.2 Å². The van der Waals surface area contributed by atoms with Crippen molar-refractivity contribution in [1.29, 1.82) is 0 Å². The zero-order chi connectivity index (χ0) is 25.9. The normalized spacial score (nSPS) is 12.4. The van der Waals surface area contributed by atoms with Gasteiger partial charge in [-0.2, -0.15) is 4.91 Å². The molecule has 0 atom stereocenters. The van der Waals surface area contributed by atoms with E-state index in [-0.39, 0.29) is 38.9 Å². The molecule has 3 amide bonds. The highest BCUT2D eigenvalue weighted by atomic mass is 16.6. The van der Waals surface area contributed by atoms with Gasteiger partial charge in [0.05, 0.1) is 0 Å². The lowest BCUT2D eigenvalue weighted by atomic mass is 9.88. The van der Waals surface area contributed by atoms with Crippen LogP contribution in [0.15, 0.2) is 5.18 Å². The largest absolute Gasteiger partial charge is 0.444 e. The van der Waals surface area contributed by atoms with E-state index in [1.165, 1.54) is 0 Å². The molecule has 0 aliphatic rings. The third-order valence-electron chi connectivity index (χ3n) is 3.97. The summed E-state index contributed by atoms with van der Waals surface area (Å²) in [4.78, 5) is 47.6. The Bertz CT molecular complexity index is 578. The maximum absolute atomic E-state index is 11.9. The van der Waals surface area contributed by atoms with Crippen molar-refractivity contribution < 1.29 is 28.6 Å². The smallest absolute Gasteiger partial charge is 0.407 e. The standard InChI is InChI=1S/C22H42N4O7/c1-19(2,3)31-16(27)23-13-10-22(26-30,11-14-24-17(28)32-20(4,5)6)12-15-25-18(29)33-21(7,8)9/h10-15H2,1-9H3,(H,23,27)(H,24,28)(H,25,29). The van der Waals surface area contributed by atoms with Gasteiger partial charge in [-0.05, 0) is 81.6 Å². The third kappa shape index (κ3) is 16.7. The summed E-state index contributed by atoms with van der Waals surface area (Å²) >= 11 is 0. The van der Waals surface area contributed by atoms with Crippen molar-refractivity contribution in [2.45, 2.75) is 104 Å². The molecule has 3 N–H and O–H groups in total. The lowest BCUT2D eigenvalue weighted by Gasteiger charge is -2.28. The van der Waals surface area contributed by atoms with Crippen molar-refractivity contribution in [3.63, 3.8) is 0 Å². The van der Waals surface area contributed by atoms with Gasteiger partial charge in [0.2, 0.25) is 0 Å². The second-order valence-corrected chi connectivity index (χ2v) is 10.9. The van der Waals surface area contributed by atoms with Crippen molar-refractivity contribution in [2.24, 2.45) is 5.18 Å². The lowest BCUT2D eigenvalue weighted by molar-refractivity contribution is 0.0519. The Morgan fingerprint density at radius 2 is 0.818 bits per heavy atom. The van der Waals surface area contributed by atoms with E-state index < -0.39 is 40.6 Å². The first-order chi connectivity index (χ1) is 14.9. The number of hydrogen-bond acceptors (Lipinski definition) is 8. The van der Waals surface area contributed by atoms with Gasteiger partial charge in [0.15, 0.2) is 0 Å². The Balaban J connectivity index is 5.01. The van der Waals surface area contributed by atoms with Gasteiger partial charge in [0.25, 0.3) is 0 Å². The molecule has 0 aliphatic heterocycles. The quantitative estimate of drug-likeness (QED) is 0.317. The molecule has 0 saturated heterocycles. The van der Waals surface area contributed by atoms with Gasteiger partial charge in [-0.15, -0.1) is 0 Å². The third-order valence-corrected chi connectivity index (χ3v) is 3.97. The van der Waals surface area contributed by atoms with E-state index in [9.17, 15) is 19.3 Å². The van der Waals surface area contributed by atoms with Crippen molar-refractivity contribution >= 4 is 18.3 Å². The van der Waals surface area contributed by atoms with Gasteiger partial charge in [0.1, 0.15) is 22.3 Å². The number of rotatable bonds is 10. The molecule has 0 aliphatic carbocycles. The monoisotopic (exact) mass is 474 g/mol. The molecule has 0 aromatic rings. The summed E-state index contributed by atoms with van der Waals surface area (Å²) in [5.41, 5.74) is -3.12. The molecule has 11 heteroatoms. The van der Waals surface area contributed by atoms with E-state index in [2.05, 4.69) is 21.1 Å². The molecule has 11 nitrogen and oxygen atoms in total. The fraction of sp³-hybridized carbons (Fsp3) is 0.864. The summed E-state index contributed by atoms with van der Waals surface area (Å²) in [6, 6.07) is 0. The maximum atomic E-state index is 11.9. The minimum atomic E-state index is -1.15. The van der Waals surface area contributed by atoms with Crippen molar-refractivity contribution in [1.82, 2.24) is 16.0 Å². The Kier molecular flexibility index (Phi) is 11.6. The fourth-order valence-electron chi connectivity index (χ4n) is 2.65. The number of nitrogens with one attached hydrogen (secondary N) is 3. The molecule has 0 aromatic heterocycles. The van der Waals surface area contributed by atoms with E-state index >= 15 is 0 Å². The fourth-order valence-corrected chi connectivity index (χ4v) is 2.65. The van der Waals surface area contributed by atoms with Crippen LogP contribution in [0, 0.1) is 4.91 Å². The van der Waals surface area contributed by atoms with Gasteiger partial charge in [-0.1, -0.05) is 5.18 Å². The molecule has 0 bridgehead atoms. The Labute approximate surface area is 197 Å². The van der Waals surface area contributed by atoms with Crippen LogP contribution in [-0.4, -0.2) is 60.3 Å². The van der Waals surface area contributed by atoms with Crippen molar-refractivity contribution in [3.8, 4) is 0 Å². The zero-order valence-electron chi connectivity index (χ0n) is 21.5. The second kappa shape index (κ2) is 12.6. The second-order valence-electron chi connectivity index (χ2n) is 10.9. The number of amides is 3. The number of nitrogens with zero attached hydrogens (tertiary/aromatic N) is 1. The van der Waals surface area contributed by atoms with Crippen molar-refractivity contribution in [3.05, 3.63) is 4.91 Å². The van der Waals surface area contributed by atoms with Crippen LogP contribution in [0.2, 0.25) is 0 Å². The average molecular weight is 475 g/mol. The minimum absolute atomic E-state index is 0.125. The molecule has 0 aromatic carbocycles. The van der Waals surface area contributed by atoms with E-state index in [1.807, 2.05) is 0 Å². The molecule has 0 saturated carbocycles. The molecular formula is C22H42N4O7. The zero-order valence-corrected chi connectivity index (χ0v) is 21.5. The van der Waals surface area contributed by atoms with Crippen LogP contribution in [0.5, 0.6) is 0 Å². The highest BCUT2D eigenvalue weighted by Gasteiger charge is 2.32. The van der Waals surface area contributed by atoms with Crippen LogP contribution < -0.4 is 16.0 Å². The molecule has 0 heterocycles. The minimum Gasteiger partial charge on any atom is -0.444 e. The molecule has 192 valence electrons. The van der Waals surface area contributed by atoms with Crippen LogP contribution in [0.1, 0.15) is 81.6 Å². The SMILES string of the molecule is CC(C)(C)OC(=O)NCCC(CCNC(=O)OC(C)(C)C)(CCNC(=O)OC(C)(C)C)N=O. The molecule has 0 unspecified atom stereocenters. The van der Waals surface area contributed by atoms with E-state index in [1.54, 1.807) is 62.3 Å². The summed E-state index contributed by atoms with van der Waals surface area (Å²) in [6.45, 7) is 16.1. The Morgan fingerprint density at radius 3 is 1.00 bits per heavy atom. The van der Waals surface area contributed by atoms with E-state index in [4.69, 9.17) is 14.2 Å². The van der Waals surface area contributed by atoms with Gasteiger partial charge in [-0.3, -0.25) is 0 Å². The van der Waals surface area contributed by atoms with Crippen LogP contribution in [0.4, 0.5) is 14.4 Å². The Hall–Kier alpha value is -2.59. The van der Waals surface area contributed by atoms with Gasteiger partial charge >= 0.3 is 18.3 Å². The average Bonchev–Trinajstić information content (AvgIpc) is 2.56. The molecule has 33 heavy (non-hydrogen) atoms. The number of hydrogen-bond donors (Lipinski definition) is 3. The van der Waals surface area contributed by atoms with Crippen LogP contribution in [0.3, 0.4) is 0 Å². The first-order valence-electron chi connectivity index (χ1n) is 11.1. The number of alkyl carbamates (subject to hydrolysis) is 3.